The molecule has 0 spiro atoms. The fraction of sp³-hybridized carbons (Fsp3) is 0.625. The molecule has 1 atom stereocenters. The Morgan fingerprint density at radius 3 is 2.33 bits per heavy atom. The highest BCUT2D eigenvalue weighted by Crippen LogP contribution is 2.44. The minimum atomic E-state index is 0.157. The third kappa shape index (κ3) is 1.98. The molecule has 1 heterocycles. The molecule has 2 heteroatoms. The van der Waals surface area contributed by atoms with Crippen LogP contribution in [0.4, 0.5) is 0 Å². The first-order valence-electron chi connectivity index (χ1n) is 7.22. The van der Waals surface area contributed by atoms with E-state index >= 15 is 0 Å². The van der Waals surface area contributed by atoms with Crippen LogP contribution in [0.3, 0.4) is 0 Å². The van der Waals surface area contributed by atoms with E-state index in [0.717, 1.165) is 32.0 Å². The second-order valence-electron chi connectivity index (χ2n) is 5.85. The Kier molecular flexibility index (Phi) is 3.40. The van der Waals surface area contributed by atoms with E-state index < -0.39 is 0 Å². The third-order valence-electron chi connectivity index (χ3n) is 5.03. The summed E-state index contributed by atoms with van der Waals surface area (Å²) in [5.41, 5.74) is 8.25. The quantitative estimate of drug-likeness (QED) is 0.888. The van der Waals surface area contributed by atoms with Crippen LogP contribution in [-0.2, 0) is 10.2 Å². The van der Waals surface area contributed by atoms with Gasteiger partial charge in [0.15, 0.2) is 0 Å². The molecule has 1 aliphatic heterocycles. The maximum absolute atomic E-state index is 6.67. The average molecular weight is 245 g/mol. The van der Waals surface area contributed by atoms with Gasteiger partial charge in [-0.1, -0.05) is 36.8 Å². The highest BCUT2D eigenvalue weighted by Gasteiger charge is 2.44. The molecule has 98 valence electrons. The lowest BCUT2D eigenvalue weighted by Gasteiger charge is -2.48. The highest BCUT2D eigenvalue weighted by atomic mass is 16.5. The lowest BCUT2D eigenvalue weighted by Crippen LogP contribution is -2.54. The molecule has 2 nitrogen and oxygen atoms in total. The molecule has 2 aliphatic rings. The summed E-state index contributed by atoms with van der Waals surface area (Å²) in [5, 5.41) is 0. The molecule has 1 saturated carbocycles. The first-order valence-corrected chi connectivity index (χ1v) is 7.22. The Morgan fingerprint density at radius 1 is 1.11 bits per heavy atom. The van der Waals surface area contributed by atoms with Gasteiger partial charge < -0.3 is 10.5 Å². The Labute approximate surface area is 110 Å². The van der Waals surface area contributed by atoms with Crippen LogP contribution in [0.1, 0.15) is 37.7 Å². The second-order valence-corrected chi connectivity index (χ2v) is 5.85. The van der Waals surface area contributed by atoms with Crippen molar-refractivity contribution in [2.75, 3.05) is 13.2 Å². The van der Waals surface area contributed by atoms with Crippen molar-refractivity contribution < 1.29 is 4.74 Å². The van der Waals surface area contributed by atoms with Crippen molar-refractivity contribution in [3.63, 3.8) is 0 Å². The van der Waals surface area contributed by atoms with E-state index in [2.05, 4.69) is 30.3 Å². The van der Waals surface area contributed by atoms with Gasteiger partial charge in [0.25, 0.3) is 0 Å². The summed E-state index contributed by atoms with van der Waals surface area (Å²) in [4.78, 5) is 0. The first-order chi connectivity index (χ1) is 8.83. The van der Waals surface area contributed by atoms with Gasteiger partial charge in [0, 0.05) is 24.7 Å². The SMILES string of the molecule is NC(C1CCC1)C1(c2ccccc2)CCOCC1. The largest absolute Gasteiger partial charge is 0.381 e. The van der Waals surface area contributed by atoms with E-state index in [0.29, 0.717) is 6.04 Å². The van der Waals surface area contributed by atoms with Crippen molar-refractivity contribution >= 4 is 0 Å². The summed E-state index contributed by atoms with van der Waals surface area (Å²) in [7, 11) is 0. The van der Waals surface area contributed by atoms with Crippen molar-refractivity contribution in [2.45, 2.75) is 43.6 Å². The van der Waals surface area contributed by atoms with E-state index in [4.69, 9.17) is 10.5 Å². The molecule has 1 unspecified atom stereocenters. The van der Waals surface area contributed by atoms with Crippen LogP contribution < -0.4 is 5.73 Å². The van der Waals surface area contributed by atoms with E-state index in [1.165, 1.54) is 24.8 Å². The molecule has 0 aromatic heterocycles. The van der Waals surface area contributed by atoms with E-state index in [1.54, 1.807) is 0 Å². The molecule has 18 heavy (non-hydrogen) atoms. The van der Waals surface area contributed by atoms with Crippen LogP contribution >= 0.6 is 0 Å². The Hall–Kier alpha value is -0.860. The predicted molar refractivity (Wildman–Crippen MR) is 73.5 cm³/mol. The van der Waals surface area contributed by atoms with E-state index in [9.17, 15) is 0 Å². The van der Waals surface area contributed by atoms with Crippen LogP contribution in [0.15, 0.2) is 30.3 Å². The summed E-state index contributed by atoms with van der Waals surface area (Å²) in [6.07, 6.45) is 6.15. The van der Waals surface area contributed by atoms with Crippen molar-refractivity contribution in [3.05, 3.63) is 35.9 Å². The lowest BCUT2D eigenvalue weighted by molar-refractivity contribution is 0.0230. The zero-order chi connectivity index (χ0) is 12.4. The summed E-state index contributed by atoms with van der Waals surface area (Å²) in [6.45, 7) is 1.71. The fourth-order valence-corrected chi connectivity index (χ4v) is 3.57. The fourth-order valence-electron chi connectivity index (χ4n) is 3.57. The second kappa shape index (κ2) is 5.02. The molecule has 1 aromatic carbocycles. The van der Waals surface area contributed by atoms with E-state index in [1.807, 2.05) is 0 Å². The van der Waals surface area contributed by atoms with Crippen molar-refractivity contribution in [1.82, 2.24) is 0 Å². The number of ether oxygens (including phenoxy) is 1. The normalized spacial score (nSPS) is 25.4. The first kappa shape index (κ1) is 12.2. The van der Waals surface area contributed by atoms with Gasteiger partial charge in [0.1, 0.15) is 0 Å². The molecule has 0 bridgehead atoms. The van der Waals surface area contributed by atoms with Gasteiger partial charge in [-0.15, -0.1) is 0 Å². The number of rotatable bonds is 3. The molecular formula is C16H23NO. The summed E-state index contributed by atoms with van der Waals surface area (Å²) in [6, 6.07) is 11.2. The van der Waals surface area contributed by atoms with Gasteiger partial charge >= 0.3 is 0 Å². The zero-order valence-electron chi connectivity index (χ0n) is 11.0. The molecular weight excluding hydrogens is 222 g/mol. The van der Waals surface area contributed by atoms with E-state index in [-0.39, 0.29) is 5.41 Å². The highest BCUT2D eigenvalue weighted by molar-refractivity contribution is 5.29. The molecule has 1 saturated heterocycles. The molecule has 1 aliphatic carbocycles. The summed E-state index contributed by atoms with van der Waals surface area (Å²) < 4.78 is 5.57. The number of benzene rings is 1. The van der Waals surface area contributed by atoms with Crippen molar-refractivity contribution in [1.29, 1.82) is 0 Å². The molecule has 2 fully saturated rings. The molecule has 2 N–H and O–H groups in total. The monoisotopic (exact) mass is 245 g/mol. The topological polar surface area (TPSA) is 35.2 Å². The van der Waals surface area contributed by atoms with Crippen LogP contribution in [0.2, 0.25) is 0 Å². The summed E-state index contributed by atoms with van der Waals surface area (Å²) >= 11 is 0. The minimum absolute atomic E-state index is 0.157. The number of nitrogens with two attached hydrogens (primary N) is 1. The van der Waals surface area contributed by atoms with Gasteiger partial charge in [-0.05, 0) is 37.2 Å². The zero-order valence-corrected chi connectivity index (χ0v) is 11.0. The maximum atomic E-state index is 6.67. The van der Waals surface area contributed by atoms with Crippen LogP contribution in [-0.4, -0.2) is 19.3 Å². The Balaban J connectivity index is 1.92. The maximum Gasteiger partial charge on any atom is 0.0475 e. The number of hydrogen-bond donors (Lipinski definition) is 1. The van der Waals surface area contributed by atoms with Crippen LogP contribution in [0.25, 0.3) is 0 Å². The third-order valence-corrected chi connectivity index (χ3v) is 5.03. The molecule has 0 radical (unpaired) electrons. The Bertz CT molecular complexity index is 379. The molecule has 3 rings (SSSR count). The van der Waals surface area contributed by atoms with Gasteiger partial charge in [0.2, 0.25) is 0 Å². The molecule has 0 amide bonds. The summed E-state index contributed by atoms with van der Waals surface area (Å²) in [5.74, 6) is 0.725. The van der Waals surface area contributed by atoms with Gasteiger partial charge in [-0.3, -0.25) is 0 Å². The van der Waals surface area contributed by atoms with Gasteiger partial charge in [-0.2, -0.15) is 0 Å². The predicted octanol–water partition coefficient (Wildman–Crippen LogP) is 2.86. The van der Waals surface area contributed by atoms with Gasteiger partial charge in [-0.25, -0.2) is 0 Å². The lowest BCUT2D eigenvalue weighted by atomic mass is 9.61. The van der Waals surface area contributed by atoms with Crippen molar-refractivity contribution in [3.8, 4) is 0 Å². The van der Waals surface area contributed by atoms with Gasteiger partial charge in [0.05, 0.1) is 0 Å². The number of hydrogen-bond acceptors (Lipinski definition) is 2. The van der Waals surface area contributed by atoms with Crippen LogP contribution in [0.5, 0.6) is 0 Å². The minimum Gasteiger partial charge on any atom is -0.381 e. The Morgan fingerprint density at radius 2 is 1.78 bits per heavy atom. The van der Waals surface area contributed by atoms with Crippen LogP contribution in [0, 0.1) is 5.92 Å². The smallest absolute Gasteiger partial charge is 0.0475 e. The average Bonchev–Trinajstić information content (AvgIpc) is 2.38. The van der Waals surface area contributed by atoms with Crippen molar-refractivity contribution in [2.24, 2.45) is 11.7 Å². The standard InChI is InChI=1S/C16H23NO/c17-15(13-5-4-6-13)16(9-11-18-12-10-16)14-7-2-1-3-8-14/h1-3,7-8,13,15H,4-6,9-12,17H2. The molecule has 1 aromatic rings.